The van der Waals surface area contributed by atoms with E-state index in [1.54, 1.807) is 4.90 Å². The van der Waals surface area contributed by atoms with Crippen LogP contribution < -0.4 is 10.6 Å². The number of aromatic nitrogens is 1. The molecule has 88 valence electrons. The molecular formula is C13H15N3O. The molecule has 1 saturated heterocycles. The molecule has 1 unspecified atom stereocenters. The molecule has 2 aromatic rings. The number of nitrogens with zero attached hydrogens (tertiary/aromatic N) is 2. The molecule has 1 aliphatic heterocycles. The summed E-state index contributed by atoms with van der Waals surface area (Å²) in [6.45, 7) is 0.622. The highest BCUT2D eigenvalue weighted by molar-refractivity contribution is 5.98. The summed E-state index contributed by atoms with van der Waals surface area (Å²) in [5, 5.41) is 1.15. The maximum atomic E-state index is 11.8. The maximum Gasteiger partial charge on any atom is 0.228 e. The minimum absolute atomic E-state index is 0.0334. The second kappa shape index (κ2) is 3.60. The molecule has 0 bridgehead atoms. The fourth-order valence-electron chi connectivity index (χ4n) is 2.42. The molecule has 0 aliphatic carbocycles. The largest absolute Gasteiger partial charge is 0.351 e. The van der Waals surface area contributed by atoms with Crippen molar-refractivity contribution in [3.63, 3.8) is 0 Å². The Hall–Kier alpha value is -1.81. The standard InChI is InChI=1S/C13H15N3O/c1-15-5-4-9-6-11(2-3-12(9)15)16-8-10(14)7-13(16)17/h2-6,10H,7-8,14H2,1H3. The summed E-state index contributed by atoms with van der Waals surface area (Å²) in [5.74, 6) is 0.118. The Balaban J connectivity index is 2.03. The minimum atomic E-state index is -0.0334. The molecule has 0 saturated carbocycles. The third-order valence-electron chi connectivity index (χ3n) is 3.34. The molecular weight excluding hydrogens is 214 g/mol. The molecule has 1 aliphatic rings. The van der Waals surface area contributed by atoms with Gasteiger partial charge >= 0.3 is 0 Å². The average Bonchev–Trinajstić information content (AvgIpc) is 2.82. The Morgan fingerprint density at radius 3 is 2.88 bits per heavy atom. The Labute approximate surface area is 99.6 Å². The van der Waals surface area contributed by atoms with Gasteiger partial charge in [0.15, 0.2) is 0 Å². The molecule has 2 heterocycles. The van der Waals surface area contributed by atoms with E-state index >= 15 is 0 Å². The molecule has 4 nitrogen and oxygen atoms in total. The third kappa shape index (κ3) is 1.61. The molecule has 1 aromatic carbocycles. The first-order valence-corrected chi connectivity index (χ1v) is 5.76. The van der Waals surface area contributed by atoms with Crippen LogP contribution in [0.1, 0.15) is 6.42 Å². The first kappa shape index (κ1) is 10.4. The van der Waals surface area contributed by atoms with Crippen molar-refractivity contribution in [2.45, 2.75) is 12.5 Å². The Kier molecular flexibility index (Phi) is 2.19. The lowest BCUT2D eigenvalue weighted by Gasteiger charge is -2.16. The van der Waals surface area contributed by atoms with Crippen molar-refractivity contribution in [2.24, 2.45) is 12.8 Å². The molecule has 1 aromatic heterocycles. The highest BCUT2D eigenvalue weighted by atomic mass is 16.2. The van der Waals surface area contributed by atoms with Crippen molar-refractivity contribution in [3.8, 4) is 0 Å². The molecule has 1 amide bonds. The SMILES string of the molecule is Cn1ccc2cc(N3CC(N)CC3=O)ccc21. The van der Waals surface area contributed by atoms with Gasteiger partial charge in [0.25, 0.3) is 0 Å². The van der Waals surface area contributed by atoms with Crippen LogP contribution in [0.2, 0.25) is 0 Å². The van der Waals surface area contributed by atoms with Gasteiger partial charge in [-0.05, 0) is 24.3 Å². The fourth-order valence-corrected chi connectivity index (χ4v) is 2.42. The number of hydrogen-bond donors (Lipinski definition) is 1. The van der Waals surface area contributed by atoms with Crippen LogP contribution >= 0.6 is 0 Å². The van der Waals surface area contributed by atoms with Gasteiger partial charge in [0.2, 0.25) is 5.91 Å². The summed E-state index contributed by atoms with van der Waals surface area (Å²) in [4.78, 5) is 13.5. The lowest BCUT2D eigenvalue weighted by molar-refractivity contribution is -0.117. The van der Waals surface area contributed by atoms with Gasteiger partial charge in [-0.2, -0.15) is 0 Å². The highest BCUT2D eigenvalue weighted by Crippen LogP contribution is 2.25. The van der Waals surface area contributed by atoms with Gasteiger partial charge < -0.3 is 15.2 Å². The van der Waals surface area contributed by atoms with Crippen molar-refractivity contribution in [2.75, 3.05) is 11.4 Å². The van der Waals surface area contributed by atoms with Gasteiger partial charge in [-0.25, -0.2) is 0 Å². The third-order valence-corrected chi connectivity index (χ3v) is 3.34. The first-order chi connectivity index (χ1) is 8.15. The fraction of sp³-hybridized carbons (Fsp3) is 0.308. The number of amides is 1. The van der Waals surface area contributed by atoms with Crippen LogP contribution in [0.15, 0.2) is 30.5 Å². The summed E-state index contributed by atoms with van der Waals surface area (Å²) in [5.41, 5.74) is 7.92. The number of nitrogens with two attached hydrogens (primary N) is 1. The van der Waals surface area contributed by atoms with Crippen LogP contribution in [0.25, 0.3) is 10.9 Å². The summed E-state index contributed by atoms with van der Waals surface area (Å²) in [6.07, 6.45) is 2.47. The number of carbonyl (C=O) groups is 1. The minimum Gasteiger partial charge on any atom is -0.351 e. The van der Waals surface area contributed by atoms with Crippen molar-refractivity contribution in [3.05, 3.63) is 30.5 Å². The van der Waals surface area contributed by atoms with E-state index in [1.807, 2.05) is 31.4 Å². The number of benzene rings is 1. The van der Waals surface area contributed by atoms with Crippen molar-refractivity contribution < 1.29 is 4.79 Å². The van der Waals surface area contributed by atoms with Gasteiger partial charge in [-0.3, -0.25) is 4.79 Å². The summed E-state index contributed by atoms with van der Waals surface area (Å²) in [6, 6.07) is 8.10. The van der Waals surface area contributed by atoms with Gasteiger partial charge in [0.1, 0.15) is 0 Å². The number of fused-ring (bicyclic) bond motifs is 1. The van der Waals surface area contributed by atoms with E-state index in [4.69, 9.17) is 5.73 Å². The van der Waals surface area contributed by atoms with Gasteiger partial charge in [0, 0.05) is 48.8 Å². The van der Waals surface area contributed by atoms with E-state index in [-0.39, 0.29) is 11.9 Å². The predicted octanol–water partition coefficient (Wildman–Crippen LogP) is 1.24. The summed E-state index contributed by atoms with van der Waals surface area (Å²) < 4.78 is 2.07. The lowest BCUT2D eigenvalue weighted by Crippen LogP contribution is -2.27. The van der Waals surface area contributed by atoms with Crippen LogP contribution in [0.5, 0.6) is 0 Å². The van der Waals surface area contributed by atoms with Gasteiger partial charge in [-0.15, -0.1) is 0 Å². The van der Waals surface area contributed by atoms with Crippen LogP contribution in [0.3, 0.4) is 0 Å². The van der Waals surface area contributed by atoms with E-state index in [0.717, 1.165) is 11.1 Å². The Morgan fingerprint density at radius 2 is 2.18 bits per heavy atom. The average molecular weight is 229 g/mol. The molecule has 1 atom stereocenters. The van der Waals surface area contributed by atoms with E-state index in [9.17, 15) is 4.79 Å². The Bertz CT molecular complexity index is 587. The molecule has 4 heteroatoms. The van der Waals surface area contributed by atoms with Gasteiger partial charge in [0.05, 0.1) is 0 Å². The van der Waals surface area contributed by atoms with Crippen molar-refractivity contribution in [1.82, 2.24) is 4.57 Å². The molecule has 1 fully saturated rings. The molecule has 0 radical (unpaired) electrons. The van der Waals surface area contributed by atoms with Crippen LogP contribution in [0.4, 0.5) is 5.69 Å². The second-order valence-corrected chi connectivity index (χ2v) is 4.64. The van der Waals surface area contributed by atoms with Crippen LogP contribution in [-0.4, -0.2) is 23.1 Å². The number of aryl methyl sites for hydroxylation is 1. The molecule has 2 N–H and O–H groups in total. The number of carbonyl (C=O) groups excluding carboxylic acids is 1. The first-order valence-electron chi connectivity index (χ1n) is 5.76. The maximum absolute atomic E-state index is 11.8. The zero-order valence-electron chi connectivity index (χ0n) is 9.76. The monoisotopic (exact) mass is 229 g/mol. The number of anilines is 1. The lowest BCUT2D eigenvalue weighted by atomic mass is 10.2. The van der Waals surface area contributed by atoms with E-state index < -0.39 is 0 Å². The number of rotatable bonds is 1. The van der Waals surface area contributed by atoms with Crippen LogP contribution in [-0.2, 0) is 11.8 Å². The topological polar surface area (TPSA) is 51.3 Å². The van der Waals surface area contributed by atoms with Crippen molar-refractivity contribution >= 4 is 22.5 Å². The second-order valence-electron chi connectivity index (χ2n) is 4.64. The predicted molar refractivity (Wildman–Crippen MR) is 67.9 cm³/mol. The zero-order valence-corrected chi connectivity index (χ0v) is 9.76. The normalized spacial score (nSPS) is 20.5. The van der Waals surface area contributed by atoms with Gasteiger partial charge in [-0.1, -0.05) is 0 Å². The molecule has 3 rings (SSSR count). The Morgan fingerprint density at radius 1 is 1.35 bits per heavy atom. The van der Waals surface area contributed by atoms with Crippen LogP contribution in [0, 0.1) is 0 Å². The number of hydrogen-bond acceptors (Lipinski definition) is 2. The highest BCUT2D eigenvalue weighted by Gasteiger charge is 2.28. The van der Waals surface area contributed by atoms with E-state index in [2.05, 4.69) is 10.6 Å². The van der Waals surface area contributed by atoms with E-state index in [1.165, 1.54) is 5.52 Å². The smallest absolute Gasteiger partial charge is 0.228 e. The zero-order chi connectivity index (χ0) is 12.0. The molecule has 17 heavy (non-hydrogen) atoms. The summed E-state index contributed by atoms with van der Waals surface area (Å²) in [7, 11) is 2.01. The van der Waals surface area contributed by atoms with E-state index in [0.29, 0.717) is 13.0 Å². The van der Waals surface area contributed by atoms with Crippen molar-refractivity contribution in [1.29, 1.82) is 0 Å². The summed E-state index contributed by atoms with van der Waals surface area (Å²) >= 11 is 0. The molecule has 0 spiro atoms. The quantitative estimate of drug-likeness (QED) is 0.800.